The summed E-state index contributed by atoms with van der Waals surface area (Å²) in [7, 11) is 1.81. The second kappa shape index (κ2) is 7.35. The SMILES string of the molecule is Cc1nn(C)c(C)c1NC(=O)[C@@H](C)OC(=O)c1cc(C)n(C(C)C)c1C. The number of nitrogens with one attached hydrogen (secondary N) is 1. The summed E-state index contributed by atoms with van der Waals surface area (Å²) in [6.45, 7) is 13.2. The Kier molecular flexibility index (Phi) is 5.59. The van der Waals surface area contributed by atoms with Gasteiger partial charge in [0.1, 0.15) is 0 Å². The van der Waals surface area contributed by atoms with Crippen molar-refractivity contribution in [1.82, 2.24) is 14.3 Å². The van der Waals surface area contributed by atoms with Crippen molar-refractivity contribution in [3.05, 3.63) is 34.4 Å². The fourth-order valence-corrected chi connectivity index (χ4v) is 3.24. The van der Waals surface area contributed by atoms with Crippen LogP contribution in [0.15, 0.2) is 6.07 Å². The molecule has 0 aliphatic carbocycles. The zero-order valence-corrected chi connectivity index (χ0v) is 16.8. The molecule has 2 aromatic heterocycles. The fourth-order valence-electron chi connectivity index (χ4n) is 3.24. The number of carbonyl (C=O) groups is 2. The van der Waals surface area contributed by atoms with Crippen LogP contribution >= 0.6 is 0 Å². The number of hydrogen-bond donors (Lipinski definition) is 1. The van der Waals surface area contributed by atoms with Crippen molar-refractivity contribution in [1.29, 1.82) is 0 Å². The number of ether oxygens (including phenoxy) is 1. The predicted molar refractivity (Wildman–Crippen MR) is 100 cm³/mol. The molecule has 1 amide bonds. The van der Waals surface area contributed by atoms with E-state index in [2.05, 4.69) is 28.8 Å². The predicted octanol–water partition coefficient (Wildman–Crippen LogP) is 3.22. The zero-order valence-electron chi connectivity index (χ0n) is 16.8. The van der Waals surface area contributed by atoms with Gasteiger partial charge in [-0.1, -0.05) is 0 Å². The number of carbonyl (C=O) groups excluding carboxylic acids is 2. The van der Waals surface area contributed by atoms with E-state index in [1.54, 1.807) is 17.7 Å². The van der Waals surface area contributed by atoms with Crippen molar-refractivity contribution in [3.8, 4) is 0 Å². The maximum Gasteiger partial charge on any atom is 0.340 e. The number of amides is 1. The lowest BCUT2D eigenvalue weighted by Gasteiger charge is -2.15. The molecule has 142 valence electrons. The Morgan fingerprint density at radius 2 is 1.73 bits per heavy atom. The first kappa shape index (κ1) is 19.8. The van der Waals surface area contributed by atoms with Crippen LogP contribution in [0.5, 0.6) is 0 Å². The van der Waals surface area contributed by atoms with Gasteiger partial charge < -0.3 is 14.6 Å². The number of hydrogen-bond acceptors (Lipinski definition) is 4. The van der Waals surface area contributed by atoms with Crippen LogP contribution in [0.3, 0.4) is 0 Å². The van der Waals surface area contributed by atoms with E-state index in [0.717, 1.165) is 22.8 Å². The van der Waals surface area contributed by atoms with Crippen LogP contribution in [0.25, 0.3) is 0 Å². The van der Waals surface area contributed by atoms with Gasteiger partial charge in [-0.15, -0.1) is 0 Å². The van der Waals surface area contributed by atoms with Crippen molar-refractivity contribution in [2.45, 2.75) is 60.6 Å². The van der Waals surface area contributed by atoms with E-state index in [1.165, 1.54) is 0 Å². The molecule has 2 rings (SSSR count). The highest BCUT2D eigenvalue weighted by Crippen LogP contribution is 2.22. The molecule has 0 unspecified atom stereocenters. The van der Waals surface area contributed by atoms with E-state index in [4.69, 9.17) is 4.74 Å². The molecule has 0 spiro atoms. The van der Waals surface area contributed by atoms with Gasteiger partial charge in [0, 0.05) is 24.5 Å². The third-order valence-corrected chi connectivity index (χ3v) is 4.63. The summed E-state index contributed by atoms with van der Waals surface area (Å²) in [4.78, 5) is 25.0. The summed E-state index contributed by atoms with van der Waals surface area (Å²) in [5, 5.41) is 7.06. The minimum atomic E-state index is -0.913. The zero-order chi connectivity index (χ0) is 19.8. The topological polar surface area (TPSA) is 78.2 Å². The third-order valence-electron chi connectivity index (χ3n) is 4.63. The van der Waals surface area contributed by atoms with E-state index < -0.39 is 12.1 Å². The summed E-state index contributed by atoms with van der Waals surface area (Å²) in [6.07, 6.45) is -0.913. The molecule has 0 bridgehead atoms. The molecular formula is C19H28N4O3. The first-order chi connectivity index (χ1) is 12.0. The van der Waals surface area contributed by atoms with Gasteiger partial charge in [-0.25, -0.2) is 4.79 Å². The van der Waals surface area contributed by atoms with Crippen LogP contribution < -0.4 is 5.32 Å². The molecule has 0 fully saturated rings. The lowest BCUT2D eigenvalue weighted by molar-refractivity contribution is -0.123. The third kappa shape index (κ3) is 3.66. The van der Waals surface area contributed by atoms with Gasteiger partial charge >= 0.3 is 5.97 Å². The second-order valence-corrected chi connectivity index (χ2v) is 6.95. The monoisotopic (exact) mass is 360 g/mol. The number of rotatable bonds is 5. The lowest BCUT2D eigenvalue weighted by atomic mass is 10.2. The molecule has 0 aliphatic heterocycles. The molecule has 1 atom stereocenters. The second-order valence-electron chi connectivity index (χ2n) is 6.95. The average molecular weight is 360 g/mol. The largest absolute Gasteiger partial charge is 0.449 e. The van der Waals surface area contributed by atoms with Crippen molar-refractivity contribution >= 4 is 17.6 Å². The standard InChI is InChI=1S/C19H28N4O3/c1-10(2)23-11(3)9-16(13(23)5)19(25)26-15(7)18(24)20-17-12(4)21-22(8)14(17)6/h9-10,15H,1-8H3,(H,20,24)/t15-/m1/s1. The maximum absolute atomic E-state index is 12.5. The maximum atomic E-state index is 12.5. The Labute approximate surface area is 154 Å². The molecule has 0 radical (unpaired) electrons. The Hall–Kier alpha value is -2.57. The van der Waals surface area contributed by atoms with Crippen LogP contribution in [0.2, 0.25) is 0 Å². The molecular weight excluding hydrogens is 332 g/mol. The number of nitrogens with zero attached hydrogens (tertiary/aromatic N) is 3. The highest BCUT2D eigenvalue weighted by molar-refractivity contribution is 5.98. The fraction of sp³-hybridized carbons (Fsp3) is 0.526. The first-order valence-corrected chi connectivity index (χ1v) is 8.75. The van der Waals surface area contributed by atoms with E-state index >= 15 is 0 Å². The highest BCUT2D eigenvalue weighted by Gasteiger charge is 2.24. The quantitative estimate of drug-likeness (QED) is 0.831. The Bertz CT molecular complexity index is 846. The van der Waals surface area contributed by atoms with E-state index in [0.29, 0.717) is 11.3 Å². The molecule has 0 saturated heterocycles. The summed E-state index contributed by atoms with van der Waals surface area (Å²) in [5.41, 5.74) is 4.53. The van der Waals surface area contributed by atoms with Crippen molar-refractivity contribution in [2.24, 2.45) is 7.05 Å². The smallest absolute Gasteiger partial charge is 0.340 e. The minimum absolute atomic E-state index is 0.244. The molecule has 7 nitrogen and oxygen atoms in total. The normalized spacial score (nSPS) is 12.3. The van der Waals surface area contributed by atoms with Crippen LogP contribution in [0.1, 0.15) is 59.9 Å². The Morgan fingerprint density at radius 3 is 2.19 bits per heavy atom. The molecule has 26 heavy (non-hydrogen) atoms. The first-order valence-electron chi connectivity index (χ1n) is 8.75. The van der Waals surface area contributed by atoms with E-state index in [1.807, 2.05) is 34.7 Å². The molecule has 1 N–H and O–H groups in total. The lowest BCUT2D eigenvalue weighted by Crippen LogP contribution is -2.30. The van der Waals surface area contributed by atoms with Crippen LogP contribution in [0, 0.1) is 27.7 Å². The van der Waals surface area contributed by atoms with Crippen LogP contribution in [-0.4, -0.2) is 32.3 Å². The molecule has 0 aromatic carbocycles. The van der Waals surface area contributed by atoms with Gasteiger partial charge in [-0.2, -0.15) is 5.10 Å². The van der Waals surface area contributed by atoms with Crippen molar-refractivity contribution in [2.75, 3.05) is 5.32 Å². The van der Waals surface area contributed by atoms with Gasteiger partial charge in [-0.05, 0) is 54.5 Å². The van der Waals surface area contributed by atoms with Gasteiger partial charge in [0.25, 0.3) is 5.91 Å². The van der Waals surface area contributed by atoms with E-state index in [9.17, 15) is 9.59 Å². The van der Waals surface area contributed by atoms with Crippen LogP contribution in [-0.2, 0) is 16.6 Å². The van der Waals surface area contributed by atoms with Gasteiger partial charge in [0.05, 0.1) is 22.6 Å². The molecule has 2 aromatic rings. The highest BCUT2D eigenvalue weighted by atomic mass is 16.5. The number of aryl methyl sites for hydroxylation is 3. The molecule has 2 heterocycles. The summed E-state index contributed by atoms with van der Waals surface area (Å²) in [6, 6.07) is 2.05. The van der Waals surface area contributed by atoms with Gasteiger partial charge in [0.15, 0.2) is 6.10 Å². The summed E-state index contributed by atoms with van der Waals surface area (Å²) in [5.74, 6) is -0.873. The summed E-state index contributed by atoms with van der Waals surface area (Å²) >= 11 is 0. The van der Waals surface area contributed by atoms with Crippen molar-refractivity contribution in [3.63, 3.8) is 0 Å². The molecule has 0 saturated carbocycles. The van der Waals surface area contributed by atoms with Gasteiger partial charge in [-0.3, -0.25) is 9.48 Å². The Balaban J connectivity index is 2.12. The van der Waals surface area contributed by atoms with Crippen molar-refractivity contribution < 1.29 is 14.3 Å². The van der Waals surface area contributed by atoms with E-state index in [-0.39, 0.29) is 11.9 Å². The molecule has 0 aliphatic rings. The molecule has 7 heteroatoms. The minimum Gasteiger partial charge on any atom is -0.449 e. The number of esters is 1. The number of anilines is 1. The van der Waals surface area contributed by atoms with Gasteiger partial charge in [0.2, 0.25) is 0 Å². The Morgan fingerprint density at radius 1 is 1.12 bits per heavy atom. The average Bonchev–Trinajstić information content (AvgIpc) is 2.97. The summed E-state index contributed by atoms with van der Waals surface area (Å²) < 4.78 is 9.16. The number of aromatic nitrogens is 3. The van der Waals surface area contributed by atoms with Crippen LogP contribution in [0.4, 0.5) is 5.69 Å².